The molecule has 0 aromatic heterocycles. The first kappa shape index (κ1) is 20.8. The molecule has 1 atom stereocenters. The molecule has 1 unspecified atom stereocenters. The van der Waals surface area contributed by atoms with E-state index >= 15 is 0 Å². The quantitative estimate of drug-likeness (QED) is 0.577. The normalized spacial score (nSPS) is 17.3. The Kier molecular flexibility index (Phi) is 7.30. The molecule has 0 saturated carbocycles. The van der Waals surface area contributed by atoms with Crippen LogP contribution in [0.15, 0.2) is 84.9 Å². The van der Waals surface area contributed by atoms with Gasteiger partial charge in [0.05, 0.1) is 12.7 Å². The average Bonchev–Trinajstić information content (AvgIpc) is 2.83. The Bertz CT molecular complexity index is 840. The molecular weight excluding hydrogens is 370 g/mol. The minimum atomic E-state index is -0.0247. The fourth-order valence-corrected chi connectivity index (χ4v) is 4.22. The number of likely N-dealkylation sites (tertiary alicyclic amines) is 1. The highest BCUT2D eigenvalue weighted by Crippen LogP contribution is 2.29. The number of benzene rings is 3. The minimum Gasteiger partial charge on any atom is -0.392 e. The summed E-state index contributed by atoms with van der Waals surface area (Å²) in [6, 6.07) is 29.4. The van der Waals surface area contributed by atoms with Gasteiger partial charge in [-0.25, -0.2) is 0 Å². The van der Waals surface area contributed by atoms with Gasteiger partial charge in [-0.15, -0.1) is 0 Å². The zero-order valence-corrected chi connectivity index (χ0v) is 17.5. The van der Waals surface area contributed by atoms with Crippen LogP contribution >= 0.6 is 0 Å². The van der Waals surface area contributed by atoms with E-state index < -0.39 is 0 Å². The van der Waals surface area contributed by atoms with Gasteiger partial charge in [0.2, 0.25) is 0 Å². The fourth-order valence-electron chi connectivity index (χ4n) is 4.22. The van der Waals surface area contributed by atoms with Gasteiger partial charge in [0.1, 0.15) is 6.10 Å². The molecular formula is C27H31NO2. The van der Waals surface area contributed by atoms with Crippen LogP contribution in [-0.4, -0.2) is 35.7 Å². The van der Waals surface area contributed by atoms with E-state index in [0.717, 1.165) is 38.0 Å². The molecule has 1 saturated heterocycles. The molecule has 3 nitrogen and oxygen atoms in total. The van der Waals surface area contributed by atoms with Crippen LogP contribution in [0.25, 0.3) is 0 Å². The topological polar surface area (TPSA) is 32.7 Å². The summed E-state index contributed by atoms with van der Waals surface area (Å²) in [7, 11) is 0. The maximum absolute atomic E-state index is 9.21. The molecule has 1 aliphatic heterocycles. The Hall–Kier alpha value is -2.46. The zero-order valence-electron chi connectivity index (χ0n) is 17.5. The number of rotatable bonds is 8. The average molecular weight is 402 g/mol. The van der Waals surface area contributed by atoms with Gasteiger partial charge in [0, 0.05) is 13.1 Å². The molecule has 4 rings (SSSR count). The molecule has 1 heterocycles. The van der Waals surface area contributed by atoms with Crippen molar-refractivity contribution in [3.63, 3.8) is 0 Å². The Balaban J connectivity index is 1.39. The third kappa shape index (κ3) is 5.57. The lowest BCUT2D eigenvalue weighted by Gasteiger charge is -2.35. The van der Waals surface area contributed by atoms with Crippen LogP contribution in [0.2, 0.25) is 0 Å². The smallest absolute Gasteiger partial charge is 0.108 e. The first-order valence-electron chi connectivity index (χ1n) is 11.0. The van der Waals surface area contributed by atoms with Gasteiger partial charge in [-0.2, -0.15) is 0 Å². The minimum absolute atomic E-state index is 0.0247. The van der Waals surface area contributed by atoms with E-state index in [-0.39, 0.29) is 18.8 Å². The molecule has 0 aliphatic carbocycles. The second kappa shape index (κ2) is 10.5. The van der Waals surface area contributed by atoms with Crippen molar-refractivity contribution < 1.29 is 9.84 Å². The molecule has 1 fully saturated rings. The van der Waals surface area contributed by atoms with Gasteiger partial charge >= 0.3 is 0 Å². The predicted molar refractivity (Wildman–Crippen MR) is 121 cm³/mol. The lowest BCUT2D eigenvalue weighted by molar-refractivity contribution is -0.0330. The van der Waals surface area contributed by atoms with Crippen LogP contribution < -0.4 is 0 Å². The molecule has 0 amide bonds. The summed E-state index contributed by atoms with van der Waals surface area (Å²) in [5, 5.41) is 9.21. The summed E-state index contributed by atoms with van der Waals surface area (Å²) in [4.78, 5) is 2.53. The Morgan fingerprint density at radius 2 is 1.43 bits per heavy atom. The Labute approximate surface area is 179 Å². The second-order valence-corrected chi connectivity index (χ2v) is 8.13. The number of piperidine rings is 1. The van der Waals surface area contributed by atoms with Crippen molar-refractivity contribution in [2.75, 3.05) is 19.6 Å². The van der Waals surface area contributed by atoms with E-state index in [0.29, 0.717) is 0 Å². The Morgan fingerprint density at radius 3 is 2.03 bits per heavy atom. The molecule has 30 heavy (non-hydrogen) atoms. The largest absolute Gasteiger partial charge is 0.392 e. The van der Waals surface area contributed by atoms with Gasteiger partial charge in [0.25, 0.3) is 0 Å². The maximum atomic E-state index is 9.21. The molecule has 156 valence electrons. The first-order chi connectivity index (χ1) is 14.8. The van der Waals surface area contributed by atoms with Crippen LogP contribution in [0.5, 0.6) is 0 Å². The third-order valence-electron chi connectivity index (χ3n) is 5.92. The van der Waals surface area contributed by atoms with Gasteiger partial charge in [0.15, 0.2) is 0 Å². The van der Waals surface area contributed by atoms with Crippen LogP contribution in [0, 0.1) is 0 Å². The summed E-state index contributed by atoms with van der Waals surface area (Å²) in [6.07, 6.45) is 3.52. The summed E-state index contributed by atoms with van der Waals surface area (Å²) in [6.45, 7) is 3.26. The van der Waals surface area contributed by atoms with Gasteiger partial charge in [-0.3, -0.25) is 0 Å². The molecule has 1 aliphatic rings. The number of hydrogen-bond donors (Lipinski definition) is 1. The summed E-state index contributed by atoms with van der Waals surface area (Å²) < 4.78 is 6.71. The summed E-state index contributed by atoms with van der Waals surface area (Å²) in [5.74, 6) is 0. The van der Waals surface area contributed by atoms with Crippen molar-refractivity contribution in [3.8, 4) is 0 Å². The lowest BCUT2D eigenvalue weighted by atomic mass is 10.00. The summed E-state index contributed by atoms with van der Waals surface area (Å²) in [5.41, 5.74) is 4.72. The molecule has 0 bridgehead atoms. The SMILES string of the molecule is OCc1ccc(CCN2CCCC(OC(c3ccccc3)c3ccccc3)C2)cc1. The molecule has 1 N–H and O–H groups in total. The van der Waals surface area contributed by atoms with E-state index in [2.05, 4.69) is 77.7 Å². The van der Waals surface area contributed by atoms with Gasteiger partial charge < -0.3 is 14.7 Å². The number of hydrogen-bond acceptors (Lipinski definition) is 3. The molecule has 3 aromatic carbocycles. The third-order valence-corrected chi connectivity index (χ3v) is 5.92. The van der Waals surface area contributed by atoms with Crippen molar-refractivity contribution in [3.05, 3.63) is 107 Å². The molecule has 3 heteroatoms. The van der Waals surface area contributed by atoms with Crippen LogP contribution in [0.1, 0.15) is 41.2 Å². The van der Waals surface area contributed by atoms with E-state index in [9.17, 15) is 5.11 Å². The number of aliphatic hydroxyl groups is 1. The zero-order chi connectivity index (χ0) is 20.6. The number of aliphatic hydroxyl groups excluding tert-OH is 1. The van der Waals surface area contributed by atoms with Crippen molar-refractivity contribution in [2.45, 2.75) is 38.1 Å². The van der Waals surface area contributed by atoms with Crippen LogP contribution in [-0.2, 0) is 17.8 Å². The monoisotopic (exact) mass is 401 g/mol. The van der Waals surface area contributed by atoms with Crippen LogP contribution in [0.3, 0.4) is 0 Å². The highest BCUT2D eigenvalue weighted by atomic mass is 16.5. The van der Waals surface area contributed by atoms with Crippen molar-refractivity contribution in [2.24, 2.45) is 0 Å². The summed E-state index contributed by atoms with van der Waals surface area (Å²) >= 11 is 0. The van der Waals surface area contributed by atoms with E-state index in [1.165, 1.54) is 23.1 Å². The number of ether oxygens (including phenoxy) is 1. The highest BCUT2D eigenvalue weighted by Gasteiger charge is 2.25. The van der Waals surface area contributed by atoms with Gasteiger partial charge in [-0.05, 0) is 48.1 Å². The molecule has 3 aromatic rings. The second-order valence-electron chi connectivity index (χ2n) is 8.13. The molecule has 0 spiro atoms. The van der Waals surface area contributed by atoms with Gasteiger partial charge in [-0.1, -0.05) is 84.9 Å². The number of nitrogens with zero attached hydrogens (tertiary/aromatic N) is 1. The van der Waals surface area contributed by atoms with E-state index in [1.807, 2.05) is 12.1 Å². The highest BCUT2D eigenvalue weighted by molar-refractivity contribution is 5.30. The Morgan fingerprint density at radius 1 is 0.833 bits per heavy atom. The van der Waals surface area contributed by atoms with Crippen molar-refractivity contribution >= 4 is 0 Å². The lowest BCUT2D eigenvalue weighted by Crippen LogP contribution is -2.41. The van der Waals surface area contributed by atoms with E-state index in [4.69, 9.17) is 4.74 Å². The molecule has 0 radical (unpaired) electrons. The maximum Gasteiger partial charge on any atom is 0.108 e. The van der Waals surface area contributed by atoms with Crippen molar-refractivity contribution in [1.82, 2.24) is 4.90 Å². The van der Waals surface area contributed by atoms with E-state index in [1.54, 1.807) is 0 Å². The first-order valence-corrected chi connectivity index (χ1v) is 11.0. The standard InChI is InChI=1S/C27H31NO2/c29-21-23-15-13-22(14-16-23)17-19-28-18-7-12-26(20-28)30-27(24-8-3-1-4-9-24)25-10-5-2-6-11-25/h1-6,8-11,13-16,26-27,29H,7,12,17-21H2. The van der Waals surface area contributed by atoms with Crippen LogP contribution in [0.4, 0.5) is 0 Å². The fraction of sp³-hybridized carbons (Fsp3) is 0.333. The predicted octanol–water partition coefficient (Wildman–Crippen LogP) is 4.99. The van der Waals surface area contributed by atoms with Crippen molar-refractivity contribution in [1.29, 1.82) is 0 Å².